The van der Waals surface area contributed by atoms with Crippen LogP contribution in [0.3, 0.4) is 0 Å². The molecule has 2 atom stereocenters. The van der Waals surface area contributed by atoms with E-state index in [0.717, 1.165) is 37.1 Å². The second kappa shape index (κ2) is 6.74. The predicted octanol–water partition coefficient (Wildman–Crippen LogP) is 1.60. The Hall–Kier alpha value is -1.83. The standard InChI is InChI=1S/C15H20N4O3S/c1-2-12-17-18-15(23-12)16-11(20)7-8-19-13(21)9-5-3-4-6-10(9)14(19)22/h9-10H,2-8H2,1H3,(H,16,18,20)/t9-,10-/m0/s1. The third-order valence-electron chi connectivity index (χ3n) is 4.51. The van der Waals surface area contributed by atoms with Gasteiger partial charge in [-0.3, -0.25) is 19.3 Å². The number of hydrogen-bond acceptors (Lipinski definition) is 6. The number of nitrogens with one attached hydrogen (secondary N) is 1. The van der Waals surface area contributed by atoms with Gasteiger partial charge >= 0.3 is 0 Å². The molecule has 2 heterocycles. The van der Waals surface area contributed by atoms with E-state index >= 15 is 0 Å². The molecule has 0 spiro atoms. The lowest BCUT2D eigenvalue weighted by molar-refractivity contribution is -0.140. The molecule has 0 radical (unpaired) electrons. The van der Waals surface area contributed by atoms with Gasteiger partial charge in [-0.25, -0.2) is 0 Å². The second-order valence-corrected chi connectivity index (χ2v) is 7.04. The van der Waals surface area contributed by atoms with Gasteiger partial charge in [0.15, 0.2) is 0 Å². The maximum Gasteiger partial charge on any atom is 0.233 e. The summed E-state index contributed by atoms with van der Waals surface area (Å²) in [5, 5.41) is 11.8. The monoisotopic (exact) mass is 336 g/mol. The molecular formula is C15H20N4O3S. The van der Waals surface area contributed by atoms with E-state index in [-0.39, 0.29) is 42.5 Å². The molecular weight excluding hydrogens is 316 g/mol. The molecule has 1 aromatic rings. The minimum atomic E-state index is -0.251. The van der Waals surface area contributed by atoms with E-state index in [9.17, 15) is 14.4 Å². The largest absolute Gasteiger partial charge is 0.300 e. The quantitative estimate of drug-likeness (QED) is 0.825. The molecule has 1 saturated carbocycles. The number of nitrogens with zero attached hydrogens (tertiary/aromatic N) is 3. The van der Waals surface area contributed by atoms with Crippen LogP contribution in [0.4, 0.5) is 5.13 Å². The van der Waals surface area contributed by atoms with Gasteiger partial charge in [0.2, 0.25) is 22.9 Å². The van der Waals surface area contributed by atoms with Gasteiger partial charge in [0.1, 0.15) is 5.01 Å². The first kappa shape index (κ1) is 16.0. The molecule has 7 nitrogen and oxygen atoms in total. The van der Waals surface area contributed by atoms with Gasteiger partial charge in [0.25, 0.3) is 0 Å². The Balaban J connectivity index is 1.54. The number of carbonyl (C=O) groups excluding carboxylic acids is 3. The first-order valence-corrected chi connectivity index (χ1v) is 8.89. The van der Waals surface area contributed by atoms with Crippen LogP contribution in [0.5, 0.6) is 0 Å². The van der Waals surface area contributed by atoms with Crippen LogP contribution in [0, 0.1) is 11.8 Å². The number of aromatic nitrogens is 2. The molecule has 3 amide bonds. The number of fused-ring (bicyclic) bond motifs is 1. The average Bonchev–Trinajstić information content (AvgIpc) is 3.10. The highest BCUT2D eigenvalue weighted by Crippen LogP contribution is 2.37. The topological polar surface area (TPSA) is 92.3 Å². The number of hydrogen-bond donors (Lipinski definition) is 1. The number of aryl methyl sites for hydroxylation is 1. The summed E-state index contributed by atoms with van der Waals surface area (Å²) in [4.78, 5) is 37.9. The van der Waals surface area contributed by atoms with Crippen LogP contribution in [0.15, 0.2) is 0 Å². The Labute approximate surface area is 138 Å². The second-order valence-electron chi connectivity index (χ2n) is 5.98. The van der Waals surface area contributed by atoms with Crippen molar-refractivity contribution in [3.8, 4) is 0 Å². The van der Waals surface area contributed by atoms with E-state index in [1.165, 1.54) is 16.2 Å². The SMILES string of the molecule is CCc1nnc(NC(=O)CCN2C(=O)[C@H]3CCCC[C@@H]3C2=O)s1. The van der Waals surface area contributed by atoms with Gasteiger partial charge in [-0.2, -0.15) is 0 Å². The summed E-state index contributed by atoms with van der Waals surface area (Å²) in [5.41, 5.74) is 0. The molecule has 3 rings (SSSR count). The molecule has 2 aliphatic rings. The molecule has 8 heteroatoms. The van der Waals surface area contributed by atoms with Crippen molar-refractivity contribution < 1.29 is 14.4 Å². The maximum atomic E-state index is 12.3. The van der Waals surface area contributed by atoms with E-state index in [0.29, 0.717) is 5.13 Å². The summed E-state index contributed by atoms with van der Waals surface area (Å²) in [6, 6.07) is 0. The summed E-state index contributed by atoms with van der Waals surface area (Å²) in [7, 11) is 0. The molecule has 124 valence electrons. The van der Waals surface area contributed by atoms with Gasteiger partial charge in [-0.05, 0) is 19.3 Å². The molecule has 2 fully saturated rings. The third-order valence-corrected chi connectivity index (χ3v) is 5.49. The van der Waals surface area contributed by atoms with E-state index in [2.05, 4.69) is 15.5 Å². The summed E-state index contributed by atoms with van der Waals surface area (Å²) < 4.78 is 0. The van der Waals surface area contributed by atoms with Crippen molar-refractivity contribution in [2.45, 2.75) is 45.4 Å². The van der Waals surface area contributed by atoms with Gasteiger partial charge in [-0.1, -0.05) is 31.1 Å². The molecule has 1 aromatic heterocycles. The number of imide groups is 1. The zero-order valence-electron chi connectivity index (χ0n) is 13.1. The van der Waals surface area contributed by atoms with Gasteiger partial charge in [0.05, 0.1) is 11.8 Å². The van der Waals surface area contributed by atoms with Crippen molar-refractivity contribution in [2.75, 3.05) is 11.9 Å². The maximum absolute atomic E-state index is 12.3. The first-order valence-electron chi connectivity index (χ1n) is 8.07. The van der Waals surface area contributed by atoms with Crippen molar-refractivity contribution >= 4 is 34.2 Å². The fourth-order valence-electron chi connectivity index (χ4n) is 3.29. The molecule has 1 aliphatic carbocycles. The molecule has 1 N–H and O–H groups in total. The Morgan fingerprint density at radius 2 is 1.87 bits per heavy atom. The minimum Gasteiger partial charge on any atom is -0.300 e. The summed E-state index contributed by atoms with van der Waals surface area (Å²) in [6.45, 7) is 2.12. The highest BCUT2D eigenvalue weighted by Gasteiger charge is 2.47. The number of anilines is 1. The predicted molar refractivity (Wildman–Crippen MR) is 84.7 cm³/mol. The van der Waals surface area contributed by atoms with Crippen LogP contribution >= 0.6 is 11.3 Å². The van der Waals surface area contributed by atoms with Crippen LogP contribution in [0.1, 0.15) is 44.0 Å². The normalized spacial score (nSPS) is 24.0. The number of likely N-dealkylation sites (tertiary alicyclic amines) is 1. The van der Waals surface area contributed by atoms with E-state index < -0.39 is 0 Å². The lowest BCUT2D eigenvalue weighted by Crippen LogP contribution is -2.34. The lowest BCUT2D eigenvalue weighted by Gasteiger charge is -2.19. The Kier molecular flexibility index (Phi) is 4.70. The van der Waals surface area contributed by atoms with Gasteiger partial charge in [-0.15, -0.1) is 10.2 Å². The molecule has 0 bridgehead atoms. The van der Waals surface area contributed by atoms with E-state index in [4.69, 9.17) is 0 Å². The summed E-state index contributed by atoms with van der Waals surface area (Å²) >= 11 is 1.34. The fourth-order valence-corrected chi connectivity index (χ4v) is 3.99. The Morgan fingerprint density at radius 3 is 2.43 bits per heavy atom. The number of rotatable bonds is 5. The fraction of sp³-hybridized carbons (Fsp3) is 0.667. The van der Waals surface area contributed by atoms with Crippen LogP contribution < -0.4 is 5.32 Å². The smallest absolute Gasteiger partial charge is 0.233 e. The van der Waals surface area contributed by atoms with Crippen LogP contribution in [0.25, 0.3) is 0 Å². The highest BCUT2D eigenvalue weighted by molar-refractivity contribution is 7.15. The minimum absolute atomic E-state index is 0.0952. The zero-order valence-corrected chi connectivity index (χ0v) is 13.9. The van der Waals surface area contributed by atoms with Crippen LogP contribution in [0.2, 0.25) is 0 Å². The molecule has 0 unspecified atom stereocenters. The Bertz CT molecular complexity index is 606. The van der Waals surface area contributed by atoms with E-state index in [1.807, 2.05) is 6.92 Å². The number of carbonyl (C=O) groups is 3. The van der Waals surface area contributed by atoms with E-state index in [1.54, 1.807) is 0 Å². The number of amides is 3. The summed E-state index contributed by atoms with van der Waals surface area (Å²) in [5.74, 6) is -0.767. The van der Waals surface area contributed by atoms with Crippen LogP contribution in [-0.4, -0.2) is 39.4 Å². The molecule has 1 saturated heterocycles. The van der Waals surface area contributed by atoms with Crippen LogP contribution in [-0.2, 0) is 20.8 Å². The van der Waals surface area contributed by atoms with Gasteiger partial charge < -0.3 is 5.32 Å². The summed E-state index contributed by atoms with van der Waals surface area (Å²) in [6.07, 6.45) is 4.47. The van der Waals surface area contributed by atoms with Crippen molar-refractivity contribution in [1.82, 2.24) is 15.1 Å². The molecule has 0 aromatic carbocycles. The van der Waals surface area contributed by atoms with Gasteiger partial charge in [0, 0.05) is 13.0 Å². The van der Waals surface area contributed by atoms with Crippen molar-refractivity contribution in [2.24, 2.45) is 11.8 Å². The zero-order chi connectivity index (χ0) is 16.4. The van der Waals surface area contributed by atoms with Crippen molar-refractivity contribution in [3.05, 3.63) is 5.01 Å². The highest BCUT2D eigenvalue weighted by atomic mass is 32.1. The lowest BCUT2D eigenvalue weighted by atomic mass is 9.81. The third kappa shape index (κ3) is 3.26. The van der Waals surface area contributed by atoms with Crippen molar-refractivity contribution in [3.63, 3.8) is 0 Å². The average molecular weight is 336 g/mol. The van der Waals surface area contributed by atoms with Crippen molar-refractivity contribution in [1.29, 1.82) is 0 Å². The first-order chi connectivity index (χ1) is 11.1. The molecule has 23 heavy (non-hydrogen) atoms. The molecule has 1 aliphatic heterocycles. The Morgan fingerprint density at radius 1 is 1.22 bits per heavy atom.